The second kappa shape index (κ2) is 9.60. The summed E-state index contributed by atoms with van der Waals surface area (Å²) >= 11 is 0. The van der Waals surface area contributed by atoms with Gasteiger partial charge in [-0.05, 0) is 43.0 Å². The molecule has 6 heteroatoms. The lowest BCUT2D eigenvalue weighted by Gasteiger charge is -2.30. The number of carbonyl (C=O) groups is 2. The highest BCUT2D eigenvalue weighted by Gasteiger charge is 2.41. The van der Waals surface area contributed by atoms with Gasteiger partial charge in [-0.25, -0.2) is 0 Å². The number of benzene rings is 1. The number of aliphatic carboxylic acids is 1. The van der Waals surface area contributed by atoms with Gasteiger partial charge < -0.3 is 15.7 Å². The van der Waals surface area contributed by atoms with Crippen LogP contribution in [0.5, 0.6) is 0 Å². The van der Waals surface area contributed by atoms with Crippen molar-refractivity contribution in [3.63, 3.8) is 0 Å². The summed E-state index contributed by atoms with van der Waals surface area (Å²) in [6.07, 6.45) is 12.3. The highest BCUT2D eigenvalue weighted by Crippen LogP contribution is 2.41. The molecule has 0 radical (unpaired) electrons. The third kappa shape index (κ3) is 4.79. The lowest BCUT2D eigenvalue weighted by atomic mass is 9.88. The summed E-state index contributed by atoms with van der Waals surface area (Å²) in [6.45, 7) is 0. The van der Waals surface area contributed by atoms with E-state index in [1.165, 1.54) is 38.5 Å². The van der Waals surface area contributed by atoms with Gasteiger partial charge in [0.2, 0.25) is 0 Å². The van der Waals surface area contributed by atoms with Gasteiger partial charge in [-0.2, -0.15) is 5.26 Å². The van der Waals surface area contributed by atoms with Crippen molar-refractivity contribution in [2.24, 2.45) is 0 Å². The van der Waals surface area contributed by atoms with E-state index in [1.807, 2.05) is 6.07 Å². The summed E-state index contributed by atoms with van der Waals surface area (Å²) in [4.78, 5) is 25.5. The molecule has 2 saturated carbocycles. The van der Waals surface area contributed by atoms with Crippen molar-refractivity contribution in [3.8, 4) is 6.07 Å². The maximum absolute atomic E-state index is 12.8. The molecule has 2 aliphatic carbocycles. The van der Waals surface area contributed by atoms with Gasteiger partial charge in [0, 0.05) is 11.3 Å². The van der Waals surface area contributed by atoms with E-state index in [4.69, 9.17) is 16.1 Å². The molecule has 0 saturated heterocycles. The van der Waals surface area contributed by atoms with Crippen molar-refractivity contribution in [3.05, 3.63) is 34.9 Å². The summed E-state index contributed by atoms with van der Waals surface area (Å²) in [6, 6.07) is 6.82. The van der Waals surface area contributed by atoms with E-state index in [9.17, 15) is 9.59 Å². The van der Waals surface area contributed by atoms with Crippen molar-refractivity contribution >= 4 is 23.3 Å². The molecule has 1 unspecified atom stereocenters. The molecular formula is C23H29N3O3. The Bertz CT molecular complexity index is 838. The number of nitrogen functional groups attached to an aromatic ring is 1. The number of rotatable bonds is 3. The van der Waals surface area contributed by atoms with Gasteiger partial charge in [-0.15, -0.1) is 0 Å². The molecule has 1 aliphatic heterocycles. The van der Waals surface area contributed by atoms with Gasteiger partial charge in [0.25, 0.3) is 5.91 Å². The van der Waals surface area contributed by atoms with Crippen LogP contribution in [0.3, 0.4) is 0 Å². The summed E-state index contributed by atoms with van der Waals surface area (Å²) < 4.78 is 0. The third-order valence-corrected chi connectivity index (χ3v) is 6.01. The fourth-order valence-corrected chi connectivity index (χ4v) is 4.56. The Kier molecular flexibility index (Phi) is 6.92. The topological polar surface area (TPSA) is 107 Å². The second-order valence-corrected chi connectivity index (χ2v) is 8.02. The minimum Gasteiger partial charge on any atom is -0.481 e. The van der Waals surface area contributed by atoms with Gasteiger partial charge in [-0.1, -0.05) is 44.9 Å². The third-order valence-electron chi connectivity index (χ3n) is 6.01. The summed E-state index contributed by atoms with van der Waals surface area (Å²) in [5.41, 5.74) is 8.52. The smallest absolute Gasteiger partial charge is 0.308 e. The Hall–Kier alpha value is -2.81. The van der Waals surface area contributed by atoms with E-state index in [0.29, 0.717) is 22.5 Å². The average Bonchev–Trinajstić information content (AvgIpc) is 3.01. The highest BCUT2D eigenvalue weighted by atomic mass is 16.4. The molecule has 0 bridgehead atoms. The van der Waals surface area contributed by atoms with E-state index < -0.39 is 5.97 Å². The molecule has 0 aromatic heterocycles. The van der Waals surface area contributed by atoms with E-state index >= 15 is 0 Å². The van der Waals surface area contributed by atoms with Crippen molar-refractivity contribution in [2.45, 2.75) is 76.7 Å². The second-order valence-electron chi connectivity index (χ2n) is 8.02. The molecule has 0 spiro atoms. The number of nitrogens with zero attached hydrogens (tertiary/aromatic N) is 2. The lowest BCUT2D eigenvalue weighted by molar-refractivity contribution is -0.136. The monoisotopic (exact) mass is 395 g/mol. The minimum absolute atomic E-state index is 0.0852. The molecule has 4 rings (SSSR count). The summed E-state index contributed by atoms with van der Waals surface area (Å²) in [5, 5.41) is 18.1. The predicted octanol–water partition coefficient (Wildman–Crippen LogP) is 4.54. The Balaban J connectivity index is 0.000000343. The van der Waals surface area contributed by atoms with Crippen LogP contribution < -0.4 is 10.6 Å². The van der Waals surface area contributed by atoms with Crippen LogP contribution in [0.1, 0.15) is 76.2 Å². The zero-order valence-corrected chi connectivity index (χ0v) is 16.8. The molecule has 3 N–H and O–H groups in total. The standard InChI is InChI=1S/C17H17N3O3.C6H12/c18-9-10-5-6-11(7-14(10)19)20-15-4-2-1-3-12(15)13(17(20)23)8-16(21)22;1-2-4-6-5-3-1/h5-7,15H,1-4,8,19H2,(H,21,22);1-6H2. The Morgan fingerprint density at radius 2 is 1.79 bits per heavy atom. The number of carboxylic acid groups (broad SMARTS) is 1. The number of nitriles is 1. The van der Waals surface area contributed by atoms with E-state index in [-0.39, 0.29) is 18.4 Å². The fourth-order valence-electron chi connectivity index (χ4n) is 4.56. The van der Waals surface area contributed by atoms with Crippen molar-refractivity contribution in [1.29, 1.82) is 5.26 Å². The first-order valence-corrected chi connectivity index (χ1v) is 10.6. The largest absolute Gasteiger partial charge is 0.481 e. The Morgan fingerprint density at radius 3 is 2.34 bits per heavy atom. The van der Waals surface area contributed by atoms with Crippen LogP contribution in [0, 0.1) is 11.3 Å². The van der Waals surface area contributed by atoms with Crippen molar-refractivity contribution in [2.75, 3.05) is 10.6 Å². The zero-order valence-electron chi connectivity index (χ0n) is 16.8. The van der Waals surface area contributed by atoms with Crippen LogP contribution in [-0.2, 0) is 9.59 Å². The molecule has 2 fully saturated rings. The van der Waals surface area contributed by atoms with Crippen LogP contribution in [0.25, 0.3) is 0 Å². The van der Waals surface area contributed by atoms with Gasteiger partial charge >= 0.3 is 5.97 Å². The molecule has 1 aromatic carbocycles. The maximum atomic E-state index is 12.8. The normalized spacial score (nSPS) is 21.1. The van der Waals surface area contributed by atoms with Crippen LogP contribution >= 0.6 is 0 Å². The van der Waals surface area contributed by atoms with Gasteiger partial charge in [-0.3, -0.25) is 9.59 Å². The number of hydrogen-bond donors (Lipinski definition) is 2. The summed E-state index contributed by atoms with van der Waals surface area (Å²) in [5.74, 6) is -1.25. The van der Waals surface area contributed by atoms with Crippen LogP contribution in [0.4, 0.5) is 11.4 Å². The molecule has 6 nitrogen and oxygen atoms in total. The SMILES string of the molecule is C1CCCCC1.N#Cc1ccc(N2C(=O)C(CC(=O)O)=C3CCCCC32)cc1N. The molecule has 1 atom stereocenters. The molecular weight excluding hydrogens is 366 g/mol. The number of amides is 1. The highest BCUT2D eigenvalue weighted by molar-refractivity contribution is 6.12. The first kappa shape index (κ1) is 20.9. The van der Waals surface area contributed by atoms with E-state index in [0.717, 1.165) is 31.3 Å². The number of fused-ring (bicyclic) bond motifs is 1. The van der Waals surface area contributed by atoms with Crippen LogP contribution in [0.15, 0.2) is 29.3 Å². The molecule has 1 heterocycles. The Morgan fingerprint density at radius 1 is 1.14 bits per heavy atom. The van der Waals surface area contributed by atoms with Crippen LogP contribution in [-0.4, -0.2) is 23.0 Å². The van der Waals surface area contributed by atoms with E-state index in [2.05, 4.69) is 0 Å². The van der Waals surface area contributed by atoms with Crippen LogP contribution in [0.2, 0.25) is 0 Å². The predicted molar refractivity (Wildman–Crippen MR) is 112 cm³/mol. The van der Waals surface area contributed by atoms with Crippen molar-refractivity contribution < 1.29 is 14.7 Å². The molecule has 3 aliphatic rings. The number of carboxylic acids is 1. The average molecular weight is 396 g/mol. The Labute approximate surface area is 172 Å². The van der Waals surface area contributed by atoms with Gasteiger partial charge in [0.15, 0.2) is 0 Å². The first-order chi connectivity index (χ1) is 14.0. The van der Waals surface area contributed by atoms with Gasteiger partial charge in [0.1, 0.15) is 6.07 Å². The van der Waals surface area contributed by atoms with Gasteiger partial charge in [0.05, 0.1) is 23.7 Å². The quantitative estimate of drug-likeness (QED) is 0.731. The zero-order chi connectivity index (χ0) is 20.8. The number of carbonyl (C=O) groups excluding carboxylic acids is 1. The lowest BCUT2D eigenvalue weighted by Crippen LogP contribution is -2.37. The number of hydrogen-bond acceptors (Lipinski definition) is 4. The number of nitrogens with two attached hydrogens (primary N) is 1. The van der Waals surface area contributed by atoms with Crippen molar-refractivity contribution in [1.82, 2.24) is 0 Å². The molecule has 29 heavy (non-hydrogen) atoms. The molecule has 1 amide bonds. The van der Waals surface area contributed by atoms with E-state index in [1.54, 1.807) is 23.1 Å². The minimum atomic E-state index is -0.994. The fraction of sp³-hybridized carbons (Fsp3) is 0.522. The number of anilines is 2. The first-order valence-electron chi connectivity index (χ1n) is 10.6. The molecule has 1 aromatic rings. The summed E-state index contributed by atoms with van der Waals surface area (Å²) in [7, 11) is 0. The molecule has 154 valence electrons. The maximum Gasteiger partial charge on any atom is 0.308 e.